The zero-order valence-corrected chi connectivity index (χ0v) is 27.0. The summed E-state index contributed by atoms with van der Waals surface area (Å²) in [6.45, 7) is 1.44. The van der Waals surface area contributed by atoms with Crippen molar-refractivity contribution >= 4 is 16.0 Å². The Hall–Kier alpha value is -4.72. The first-order chi connectivity index (χ1) is 22.6. The van der Waals surface area contributed by atoms with Crippen LogP contribution in [0.25, 0.3) is 0 Å². The van der Waals surface area contributed by atoms with E-state index < -0.39 is 55.6 Å². The number of alkyl halides is 3. The van der Waals surface area contributed by atoms with Crippen molar-refractivity contribution in [1.29, 1.82) is 0 Å². The monoisotopic (exact) mass is 691 g/mol. The quantitative estimate of drug-likeness (QED) is 0.180. The fourth-order valence-corrected chi connectivity index (χ4v) is 7.71. The van der Waals surface area contributed by atoms with Crippen LogP contribution in [0.3, 0.4) is 0 Å². The average Bonchev–Trinajstić information content (AvgIpc) is 3.04. The Labute approximate surface area is 274 Å². The van der Waals surface area contributed by atoms with Gasteiger partial charge in [-0.1, -0.05) is 36.4 Å². The number of guanidine groups is 1. The Morgan fingerprint density at radius 2 is 1.27 bits per heavy atom. The van der Waals surface area contributed by atoms with Crippen molar-refractivity contribution in [3.05, 3.63) is 130 Å². The molecule has 0 aromatic heterocycles. The summed E-state index contributed by atoms with van der Waals surface area (Å²) < 4.78 is 126. The van der Waals surface area contributed by atoms with Gasteiger partial charge in [-0.2, -0.15) is 13.2 Å². The van der Waals surface area contributed by atoms with E-state index in [4.69, 9.17) is 14.5 Å². The van der Waals surface area contributed by atoms with Crippen LogP contribution in [0.15, 0.2) is 89.9 Å². The molecular weight excluding hydrogens is 660 g/mol. The molecule has 14 heteroatoms. The van der Waals surface area contributed by atoms with E-state index in [0.717, 1.165) is 28.6 Å². The van der Waals surface area contributed by atoms with E-state index in [1.165, 1.54) is 28.2 Å². The zero-order valence-electron chi connectivity index (χ0n) is 26.2. The number of aliphatic imine (C=N–C) groups is 1. The smallest absolute Gasteiger partial charge is 0.416 e. The van der Waals surface area contributed by atoms with Crippen molar-refractivity contribution in [2.75, 3.05) is 21.3 Å². The normalized spacial score (nSPS) is 19.1. The highest BCUT2D eigenvalue weighted by atomic mass is 32.2. The van der Waals surface area contributed by atoms with Gasteiger partial charge in [0.25, 0.3) is 0 Å². The molecule has 0 radical (unpaired) electrons. The largest absolute Gasteiger partial charge is 0.497 e. The van der Waals surface area contributed by atoms with Gasteiger partial charge < -0.3 is 14.4 Å². The van der Waals surface area contributed by atoms with Crippen molar-refractivity contribution in [2.24, 2.45) is 4.99 Å². The van der Waals surface area contributed by atoms with Gasteiger partial charge in [0.1, 0.15) is 39.7 Å². The second kappa shape index (κ2) is 13.1. The minimum absolute atomic E-state index is 0.0772. The Morgan fingerprint density at radius 3 is 1.69 bits per heavy atom. The number of hydrogen-bond acceptors (Lipinski definition) is 6. The number of ether oxygens (including phenoxy) is 2. The van der Waals surface area contributed by atoms with Crippen LogP contribution in [0.5, 0.6) is 11.5 Å². The van der Waals surface area contributed by atoms with Crippen LogP contribution >= 0.6 is 0 Å². The van der Waals surface area contributed by atoms with Crippen LogP contribution in [0.2, 0.25) is 0 Å². The summed E-state index contributed by atoms with van der Waals surface area (Å²) in [5.74, 6) is -3.24. The predicted molar refractivity (Wildman–Crippen MR) is 167 cm³/mol. The first-order valence-corrected chi connectivity index (χ1v) is 16.0. The maximum absolute atomic E-state index is 15.4. The second-order valence-electron chi connectivity index (χ2n) is 11.4. The molecule has 0 saturated carbocycles. The molecule has 1 heterocycles. The van der Waals surface area contributed by atoms with Gasteiger partial charge in [0.05, 0.1) is 19.8 Å². The fraction of sp³-hybridized carbons (Fsp3) is 0.265. The second-order valence-corrected chi connectivity index (χ2v) is 13.4. The van der Waals surface area contributed by atoms with Crippen LogP contribution in [-0.4, -0.2) is 44.8 Å². The number of hydrogen-bond donors (Lipinski definition) is 0. The summed E-state index contributed by atoms with van der Waals surface area (Å²) in [6, 6.07) is 18.1. The van der Waals surface area contributed by atoms with Gasteiger partial charge in [-0.25, -0.2) is 30.9 Å². The van der Waals surface area contributed by atoms with Gasteiger partial charge in [0.15, 0.2) is 0 Å². The summed E-state index contributed by atoms with van der Waals surface area (Å²) in [5.41, 5.74) is -2.77. The van der Waals surface area contributed by atoms with Gasteiger partial charge >= 0.3 is 6.18 Å². The third-order valence-corrected chi connectivity index (χ3v) is 10.5. The lowest BCUT2D eigenvalue weighted by atomic mass is 9.84. The maximum atomic E-state index is 15.4. The number of benzene rings is 4. The number of nitrogens with zero attached hydrogens (tertiary/aromatic N) is 3. The third kappa shape index (κ3) is 6.66. The molecule has 0 amide bonds. The number of sulfonamides is 1. The van der Waals surface area contributed by atoms with Crippen molar-refractivity contribution in [2.45, 2.75) is 37.0 Å². The number of halogens is 6. The van der Waals surface area contributed by atoms with Crippen molar-refractivity contribution in [3.8, 4) is 11.5 Å². The minimum atomic E-state index is -4.81. The summed E-state index contributed by atoms with van der Waals surface area (Å²) in [5, 5.41) is -2.14. The molecule has 4 aromatic rings. The average molecular weight is 692 g/mol. The van der Waals surface area contributed by atoms with E-state index in [9.17, 15) is 26.0 Å². The molecule has 0 saturated heterocycles. The minimum Gasteiger partial charge on any atom is -0.497 e. The molecule has 0 unspecified atom stereocenters. The topological polar surface area (TPSA) is 71.4 Å². The van der Waals surface area contributed by atoms with Crippen molar-refractivity contribution in [3.63, 3.8) is 0 Å². The van der Waals surface area contributed by atoms with E-state index in [1.807, 2.05) is 0 Å². The van der Waals surface area contributed by atoms with E-state index in [2.05, 4.69) is 0 Å². The molecule has 0 bridgehead atoms. The van der Waals surface area contributed by atoms with Gasteiger partial charge in [0, 0.05) is 37.8 Å². The summed E-state index contributed by atoms with van der Waals surface area (Å²) in [4.78, 5) is 6.43. The zero-order chi connectivity index (χ0) is 35.0. The molecule has 1 aliphatic heterocycles. The Balaban J connectivity index is 1.74. The molecule has 5 rings (SSSR count). The van der Waals surface area contributed by atoms with E-state index in [1.54, 1.807) is 53.4 Å². The highest BCUT2D eigenvalue weighted by molar-refractivity contribution is 7.90. The lowest BCUT2D eigenvalue weighted by Crippen LogP contribution is -2.54. The highest BCUT2D eigenvalue weighted by Gasteiger charge is 2.54. The van der Waals surface area contributed by atoms with Crippen LogP contribution in [0, 0.1) is 17.5 Å². The van der Waals surface area contributed by atoms with Crippen molar-refractivity contribution in [1.82, 2.24) is 9.21 Å². The Morgan fingerprint density at radius 1 is 0.812 bits per heavy atom. The standard InChI is InChI=1S/C34H31F6N3O4S/c1-33(23-9-11-24(12-10-23)34(38,39)40)31(30-28(36)17-25(35)18-29(30)37)48(44,45)42(2)32(41-33)43(19-21-5-13-26(46-3)14-6-21)20-22-7-15-27(47-4)16-8-22/h5-18,31H,19-20H2,1-4H3/t31-,33-/m1/s1. The van der Waals surface area contributed by atoms with Gasteiger partial charge in [-0.3, -0.25) is 0 Å². The molecule has 2 atom stereocenters. The number of rotatable bonds is 8. The van der Waals surface area contributed by atoms with E-state index >= 15 is 8.78 Å². The van der Waals surface area contributed by atoms with Crippen LogP contribution in [0.1, 0.15) is 40.0 Å². The van der Waals surface area contributed by atoms with Crippen LogP contribution in [0.4, 0.5) is 26.3 Å². The molecule has 4 aromatic carbocycles. The lowest BCUT2D eigenvalue weighted by Gasteiger charge is -2.45. The maximum Gasteiger partial charge on any atom is 0.416 e. The van der Waals surface area contributed by atoms with Crippen LogP contribution in [-0.2, 0) is 34.8 Å². The molecule has 254 valence electrons. The molecular formula is C34H31F6N3O4S. The molecule has 0 N–H and O–H groups in total. The van der Waals surface area contributed by atoms with Crippen LogP contribution < -0.4 is 9.47 Å². The van der Waals surface area contributed by atoms with Gasteiger partial charge in [-0.15, -0.1) is 0 Å². The first-order valence-electron chi connectivity index (χ1n) is 14.5. The fourth-order valence-electron chi connectivity index (χ4n) is 5.71. The molecule has 1 aliphatic rings. The van der Waals surface area contributed by atoms with Gasteiger partial charge in [0.2, 0.25) is 16.0 Å². The Kier molecular flexibility index (Phi) is 9.42. The lowest BCUT2D eigenvalue weighted by molar-refractivity contribution is -0.137. The van der Waals surface area contributed by atoms with Crippen molar-refractivity contribution < 1.29 is 44.2 Å². The van der Waals surface area contributed by atoms with E-state index in [-0.39, 0.29) is 24.6 Å². The molecule has 0 spiro atoms. The third-order valence-electron chi connectivity index (χ3n) is 8.25. The molecule has 0 fully saturated rings. The summed E-state index contributed by atoms with van der Waals surface area (Å²) in [7, 11) is -0.629. The summed E-state index contributed by atoms with van der Waals surface area (Å²) in [6.07, 6.45) is -4.71. The SMILES string of the molecule is COc1ccc(CN(Cc2ccc(OC)cc2)C2=N[C@](C)(c3ccc(C(F)(F)F)cc3)[C@@H](c3c(F)cc(F)cc3F)S(=O)(=O)N2C)cc1. The molecule has 48 heavy (non-hydrogen) atoms. The highest BCUT2D eigenvalue weighted by Crippen LogP contribution is 2.50. The van der Waals surface area contributed by atoms with E-state index in [0.29, 0.717) is 34.8 Å². The van der Waals surface area contributed by atoms with Gasteiger partial charge in [-0.05, 0) is 60.0 Å². The molecule has 0 aliphatic carbocycles. The number of methoxy groups -OCH3 is 2. The molecule has 7 nitrogen and oxygen atoms in total. The summed E-state index contributed by atoms with van der Waals surface area (Å²) >= 11 is 0. The first kappa shape index (κ1) is 34.6. The predicted octanol–water partition coefficient (Wildman–Crippen LogP) is 7.43. The Bertz CT molecular complexity index is 1850.